The third kappa shape index (κ3) is 2.15. The number of hydrogen-bond donors (Lipinski definition) is 1. The lowest BCUT2D eigenvalue weighted by Crippen LogP contribution is -2.01. The summed E-state index contributed by atoms with van der Waals surface area (Å²) >= 11 is 0. The molecule has 0 unspecified atom stereocenters. The predicted octanol–water partition coefficient (Wildman–Crippen LogP) is 1.68. The number of imidazole rings is 1. The summed E-state index contributed by atoms with van der Waals surface area (Å²) in [5.41, 5.74) is 1.18. The molecule has 4 heteroatoms. The van der Waals surface area contributed by atoms with E-state index in [0.717, 1.165) is 18.2 Å². The zero-order chi connectivity index (χ0) is 10.7. The third-order valence-corrected chi connectivity index (χ3v) is 2.36. The lowest BCUT2D eigenvalue weighted by Gasteiger charge is -2.05. The molecular weight excluding hydrogens is 188 g/mol. The Labute approximate surface area is 89.0 Å². The highest BCUT2D eigenvalue weighted by Gasteiger charge is 1.99. The number of anilines is 1. The summed E-state index contributed by atoms with van der Waals surface area (Å²) < 4.78 is 2.09. The third-order valence-electron chi connectivity index (χ3n) is 2.36. The Hall–Kier alpha value is -1.84. The Kier molecular flexibility index (Phi) is 2.67. The van der Waals surface area contributed by atoms with Crippen molar-refractivity contribution in [2.45, 2.75) is 13.5 Å². The van der Waals surface area contributed by atoms with Crippen LogP contribution in [0.15, 0.2) is 30.7 Å². The monoisotopic (exact) mass is 202 g/mol. The summed E-state index contributed by atoms with van der Waals surface area (Å²) in [6.45, 7) is 2.82. The summed E-state index contributed by atoms with van der Waals surface area (Å²) in [5, 5.41) is 2.99. The summed E-state index contributed by atoms with van der Waals surface area (Å²) in [5.74, 6) is 1.91. The van der Waals surface area contributed by atoms with E-state index in [1.165, 1.54) is 5.56 Å². The fraction of sp³-hybridized carbons (Fsp3) is 0.273. The van der Waals surface area contributed by atoms with E-state index in [-0.39, 0.29) is 0 Å². The van der Waals surface area contributed by atoms with Crippen LogP contribution in [0, 0.1) is 6.92 Å². The van der Waals surface area contributed by atoms with Gasteiger partial charge in [-0.15, -0.1) is 0 Å². The van der Waals surface area contributed by atoms with E-state index in [1.807, 2.05) is 38.6 Å². The summed E-state index contributed by atoms with van der Waals surface area (Å²) in [7, 11) is 1.86. The highest BCUT2D eigenvalue weighted by atomic mass is 15.1. The molecule has 4 nitrogen and oxygen atoms in total. The van der Waals surface area contributed by atoms with Crippen molar-refractivity contribution in [1.82, 2.24) is 14.5 Å². The van der Waals surface area contributed by atoms with Crippen LogP contribution in [-0.4, -0.2) is 21.6 Å². The van der Waals surface area contributed by atoms with E-state index in [0.29, 0.717) is 0 Å². The van der Waals surface area contributed by atoms with Gasteiger partial charge in [0.05, 0.1) is 6.54 Å². The van der Waals surface area contributed by atoms with Crippen molar-refractivity contribution in [2.75, 3.05) is 12.4 Å². The Morgan fingerprint density at radius 1 is 1.33 bits per heavy atom. The Morgan fingerprint density at radius 3 is 2.73 bits per heavy atom. The average molecular weight is 202 g/mol. The first-order valence-electron chi connectivity index (χ1n) is 4.90. The first kappa shape index (κ1) is 9.71. The van der Waals surface area contributed by atoms with Gasteiger partial charge in [0.2, 0.25) is 0 Å². The number of rotatable bonds is 3. The second kappa shape index (κ2) is 4.13. The van der Waals surface area contributed by atoms with Crippen molar-refractivity contribution >= 4 is 5.82 Å². The number of aromatic nitrogens is 3. The van der Waals surface area contributed by atoms with Crippen LogP contribution in [0.2, 0.25) is 0 Å². The van der Waals surface area contributed by atoms with Crippen LogP contribution in [0.5, 0.6) is 0 Å². The normalized spacial score (nSPS) is 10.3. The zero-order valence-electron chi connectivity index (χ0n) is 8.94. The molecule has 0 amide bonds. The molecule has 2 aromatic rings. The van der Waals surface area contributed by atoms with E-state index in [1.54, 1.807) is 0 Å². The molecule has 0 saturated heterocycles. The van der Waals surface area contributed by atoms with Gasteiger partial charge in [0.15, 0.2) is 0 Å². The van der Waals surface area contributed by atoms with E-state index in [4.69, 9.17) is 0 Å². The van der Waals surface area contributed by atoms with Crippen molar-refractivity contribution in [2.24, 2.45) is 0 Å². The molecule has 15 heavy (non-hydrogen) atoms. The average Bonchev–Trinajstić information content (AvgIpc) is 2.66. The molecule has 0 radical (unpaired) electrons. The maximum absolute atomic E-state index is 4.26. The molecule has 0 aliphatic carbocycles. The molecule has 78 valence electrons. The van der Waals surface area contributed by atoms with Gasteiger partial charge in [0.1, 0.15) is 11.6 Å². The van der Waals surface area contributed by atoms with Crippen molar-refractivity contribution in [1.29, 1.82) is 0 Å². The molecule has 0 aromatic carbocycles. The van der Waals surface area contributed by atoms with Crippen LogP contribution in [0.1, 0.15) is 11.4 Å². The summed E-state index contributed by atoms with van der Waals surface area (Å²) in [6.07, 6.45) is 5.66. The number of nitrogens with one attached hydrogen (secondary N) is 1. The number of nitrogens with zero attached hydrogens (tertiary/aromatic N) is 3. The lowest BCUT2D eigenvalue weighted by molar-refractivity contribution is 0.759. The molecule has 2 rings (SSSR count). The summed E-state index contributed by atoms with van der Waals surface area (Å²) in [4.78, 5) is 8.44. The predicted molar refractivity (Wildman–Crippen MR) is 59.8 cm³/mol. The second-order valence-electron chi connectivity index (χ2n) is 3.40. The van der Waals surface area contributed by atoms with E-state index in [9.17, 15) is 0 Å². The molecule has 0 bridgehead atoms. The molecule has 1 N–H and O–H groups in total. The fourth-order valence-electron chi connectivity index (χ4n) is 1.43. The number of hydrogen-bond acceptors (Lipinski definition) is 3. The van der Waals surface area contributed by atoms with Gasteiger partial charge in [-0.3, -0.25) is 0 Å². The molecule has 0 aliphatic heterocycles. The summed E-state index contributed by atoms with van der Waals surface area (Å²) in [6, 6.07) is 4.04. The van der Waals surface area contributed by atoms with E-state index < -0.39 is 0 Å². The van der Waals surface area contributed by atoms with Crippen molar-refractivity contribution in [3.63, 3.8) is 0 Å². The molecule has 2 aromatic heterocycles. The minimum Gasteiger partial charge on any atom is -0.373 e. The molecule has 2 heterocycles. The van der Waals surface area contributed by atoms with Gasteiger partial charge in [-0.2, -0.15) is 0 Å². The van der Waals surface area contributed by atoms with Gasteiger partial charge in [0, 0.05) is 25.6 Å². The number of aryl methyl sites for hydroxylation is 1. The molecule has 0 atom stereocenters. The first-order chi connectivity index (χ1) is 7.29. The highest BCUT2D eigenvalue weighted by molar-refractivity contribution is 5.34. The quantitative estimate of drug-likeness (QED) is 0.823. The van der Waals surface area contributed by atoms with Crippen LogP contribution < -0.4 is 5.32 Å². The molecule has 0 fully saturated rings. The zero-order valence-corrected chi connectivity index (χ0v) is 8.94. The Morgan fingerprint density at radius 2 is 2.20 bits per heavy atom. The molecular formula is C11H14N4. The van der Waals surface area contributed by atoms with Gasteiger partial charge >= 0.3 is 0 Å². The van der Waals surface area contributed by atoms with Crippen LogP contribution in [-0.2, 0) is 6.54 Å². The topological polar surface area (TPSA) is 42.7 Å². The van der Waals surface area contributed by atoms with Crippen molar-refractivity contribution in [3.05, 3.63) is 42.1 Å². The van der Waals surface area contributed by atoms with Gasteiger partial charge < -0.3 is 9.88 Å². The molecule has 0 saturated carbocycles. The van der Waals surface area contributed by atoms with Crippen LogP contribution in [0.3, 0.4) is 0 Å². The number of pyridine rings is 1. The lowest BCUT2D eigenvalue weighted by atomic mass is 10.3. The molecule has 0 aliphatic rings. The van der Waals surface area contributed by atoms with Gasteiger partial charge in [-0.05, 0) is 18.6 Å². The highest BCUT2D eigenvalue weighted by Crippen LogP contribution is 2.07. The maximum atomic E-state index is 4.26. The largest absolute Gasteiger partial charge is 0.373 e. The van der Waals surface area contributed by atoms with Crippen molar-refractivity contribution < 1.29 is 0 Å². The maximum Gasteiger partial charge on any atom is 0.125 e. The Balaban J connectivity index is 2.14. The first-order valence-corrected chi connectivity index (χ1v) is 4.90. The smallest absolute Gasteiger partial charge is 0.125 e. The van der Waals surface area contributed by atoms with Crippen LogP contribution >= 0.6 is 0 Å². The fourth-order valence-corrected chi connectivity index (χ4v) is 1.43. The standard InChI is InChI=1S/C11H14N4/c1-9-13-5-6-15(9)8-10-3-4-11(12-2)14-7-10/h3-7H,8H2,1-2H3,(H,12,14). The van der Waals surface area contributed by atoms with E-state index >= 15 is 0 Å². The van der Waals surface area contributed by atoms with Crippen molar-refractivity contribution in [3.8, 4) is 0 Å². The Bertz CT molecular complexity index is 430. The van der Waals surface area contributed by atoms with Crippen LogP contribution in [0.4, 0.5) is 5.82 Å². The van der Waals surface area contributed by atoms with Gasteiger partial charge in [-0.1, -0.05) is 6.07 Å². The molecule has 0 spiro atoms. The van der Waals surface area contributed by atoms with E-state index in [2.05, 4.69) is 25.9 Å². The minimum absolute atomic E-state index is 0.822. The van der Waals surface area contributed by atoms with Gasteiger partial charge in [-0.25, -0.2) is 9.97 Å². The second-order valence-corrected chi connectivity index (χ2v) is 3.40. The SMILES string of the molecule is CNc1ccc(Cn2ccnc2C)cn1. The minimum atomic E-state index is 0.822. The van der Waals surface area contributed by atoms with Crippen LogP contribution in [0.25, 0.3) is 0 Å². The van der Waals surface area contributed by atoms with Gasteiger partial charge in [0.25, 0.3) is 0 Å².